The summed E-state index contributed by atoms with van der Waals surface area (Å²) in [6.45, 7) is 0. The highest BCUT2D eigenvalue weighted by atomic mass is 16.3. The Hall–Kier alpha value is -6.38. The van der Waals surface area contributed by atoms with Crippen LogP contribution in [0.1, 0.15) is 22.3 Å². The van der Waals surface area contributed by atoms with E-state index in [1.165, 1.54) is 44.2 Å². The van der Waals surface area contributed by atoms with Gasteiger partial charge in [0, 0.05) is 16.5 Å². The van der Waals surface area contributed by atoms with Gasteiger partial charge in [-0.15, -0.1) is 0 Å². The van der Waals surface area contributed by atoms with Gasteiger partial charge >= 0.3 is 0 Å². The summed E-state index contributed by atoms with van der Waals surface area (Å²) in [6.07, 6.45) is 0. The first-order valence-corrected chi connectivity index (χ1v) is 16.9. The predicted octanol–water partition coefficient (Wildman–Crippen LogP) is 12.6. The summed E-state index contributed by atoms with van der Waals surface area (Å²) >= 11 is 0. The van der Waals surface area contributed by atoms with Crippen LogP contribution in [0.25, 0.3) is 43.8 Å². The third kappa shape index (κ3) is 4.01. The summed E-state index contributed by atoms with van der Waals surface area (Å²) in [5, 5.41) is 4.58. The molecule has 1 aliphatic carbocycles. The number of para-hydroxylation sites is 2. The smallest absolute Gasteiger partial charge is 0.137 e. The molecule has 0 radical (unpaired) electrons. The van der Waals surface area contributed by atoms with Gasteiger partial charge in [-0.25, -0.2) is 0 Å². The lowest BCUT2D eigenvalue weighted by atomic mass is 9.67. The van der Waals surface area contributed by atoms with E-state index in [9.17, 15) is 0 Å². The minimum Gasteiger partial charge on any atom is -0.456 e. The van der Waals surface area contributed by atoms with Crippen molar-refractivity contribution in [3.8, 4) is 11.1 Å². The van der Waals surface area contributed by atoms with Crippen LogP contribution in [0.4, 0.5) is 17.1 Å². The Morgan fingerprint density at radius 3 is 1.76 bits per heavy atom. The molecule has 10 rings (SSSR count). The maximum Gasteiger partial charge on any atom is 0.137 e. The van der Waals surface area contributed by atoms with Gasteiger partial charge in [0.2, 0.25) is 0 Å². The van der Waals surface area contributed by atoms with Crippen molar-refractivity contribution in [2.24, 2.45) is 0 Å². The molecule has 2 nitrogen and oxygen atoms in total. The zero-order valence-corrected chi connectivity index (χ0v) is 26.8. The molecule has 1 aliphatic rings. The minimum absolute atomic E-state index is 0.572. The fraction of sp³-hybridized carbons (Fsp3) is 0.0213. The van der Waals surface area contributed by atoms with Crippen LogP contribution < -0.4 is 4.90 Å². The lowest BCUT2D eigenvalue weighted by Crippen LogP contribution is -2.29. The Kier molecular flexibility index (Phi) is 6.13. The second-order valence-electron chi connectivity index (χ2n) is 12.8. The monoisotopic (exact) mass is 625 g/mol. The molecule has 0 aliphatic heterocycles. The summed E-state index contributed by atoms with van der Waals surface area (Å²) in [7, 11) is 0. The summed E-state index contributed by atoms with van der Waals surface area (Å²) < 4.78 is 6.83. The van der Waals surface area contributed by atoms with E-state index in [0.29, 0.717) is 0 Å². The standard InChI is InChI=1S/C47H31NO/c1-3-18-33(19-4-1)47(40-26-12-9-23-37(40)38-24-10-13-27-41(38)47)34-30-43(46-39-25-11-14-29-44(39)49-45(46)31-34)48(35-20-5-2-6-21-35)42-28-15-17-32-16-7-8-22-36(32)42/h1-31H. The molecule has 49 heavy (non-hydrogen) atoms. The average Bonchev–Trinajstić information content (AvgIpc) is 3.70. The lowest BCUT2D eigenvalue weighted by molar-refractivity contribution is 0.665. The SMILES string of the molecule is c1ccc(N(c2cccc3ccccc23)c2cc(C3(c4ccccc4)c4ccccc4-c4ccccc43)cc3oc4ccccc4c23)cc1. The fourth-order valence-corrected chi connectivity index (χ4v) is 8.33. The van der Waals surface area contributed by atoms with E-state index in [1.54, 1.807) is 0 Å². The number of rotatable bonds is 5. The van der Waals surface area contributed by atoms with Gasteiger partial charge in [0.1, 0.15) is 11.2 Å². The van der Waals surface area contributed by atoms with E-state index in [4.69, 9.17) is 4.42 Å². The molecular weight excluding hydrogens is 595 g/mol. The molecule has 0 atom stereocenters. The molecular formula is C47H31NO. The highest BCUT2D eigenvalue weighted by Crippen LogP contribution is 2.58. The molecule has 0 saturated carbocycles. The van der Waals surface area contributed by atoms with E-state index in [-0.39, 0.29) is 0 Å². The van der Waals surface area contributed by atoms with Crippen LogP contribution in [0, 0.1) is 0 Å². The molecule has 230 valence electrons. The molecule has 2 heteroatoms. The molecule has 0 amide bonds. The van der Waals surface area contributed by atoms with E-state index in [0.717, 1.165) is 39.0 Å². The Bertz CT molecular complexity index is 2620. The molecule has 0 spiro atoms. The van der Waals surface area contributed by atoms with Crippen molar-refractivity contribution in [2.75, 3.05) is 4.90 Å². The number of hydrogen-bond donors (Lipinski definition) is 0. The van der Waals surface area contributed by atoms with Gasteiger partial charge in [-0.2, -0.15) is 0 Å². The zero-order chi connectivity index (χ0) is 32.4. The maximum absolute atomic E-state index is 6.83. The lowest BCUT2D eigenvalue weighted by Gasteiger charge is -2.35. The van der Waals surface area contributed by atoms with Gasteiger partial charge in [0.15, 0.2) is 0 Å². The first-order valence-electron chi connectivity index (χ1n) is 16.9. The second kappa shape index (κ2) is 10.8. The number of nitrogens with zero attached hydrogens (tertiary/aromatic N) is 1. The normalized spacial score (nSPS) is 13.1. The quantitative estimate of drug-likeness (QED) is 0.189. The van der Waals surface area contributed by atoms with Gasteiger partial charge in [-0.1, -0.05) is 152 Å². The molecule has 9 aromatic rings. The third-order valence-corrected chi connectivity index (χ3v) is 10.3. The van der Waals surface area contributed by atoms with Crippen molar-refractivity contribution in [1.82, 2.24) is 0 Å². The summed E-state index contributed by atoms with van der Waals surface area (Å²) in [4.78, 5) is 2.43. The molecule has 0 bridgehead atoms. The van der Waals surface area contributed by atoms with E-state index >= 15 is 0 Å². The predicted molar refractivity (Wildman–Crippen MR) is 203 cm³/mol. The van der Waals surface area contributed by atoms with Crippen LogP contribution in [0.5, 0.6) is 0 Å². The number of benzene rings is 8. The molecule has 0 saturated heterocycles. The van der Waals surface area contributed by atoms with Crippen LogP contribution in [0.2, 0.25) is 0 Å². The number of hydrogen-bond acceptors (Lipinski definition) is 2. The van der Waals surface area contributed by atoms with E-state index in [2.05, 4.69) is 193 Å². The fourth-order valence-electron chi connectivity index (χ4n) is 8.33. The van der Waals surface area contributed by atoms with Crippen molar-refractivity contribution < 1.29 is 4.42 Å². The average molecular weight is 626 g/mol. The Labute approximate surface area is 285 Å². The van der Waals surface area contributed by atoms with Gasteiger partial charge in [0.25, 0.3) is 0 Å². The van der Waals surface area contributed by atoms with Gasteiger partial charge < -0.3 is 9.32 Å². The second-order valence-corrected chi connectivity index (χ2v) is 12.8. The number of fused-ring (bicyclic) bond motifs is 7. The topological polar surface area (TPSA) is 16.4 Å². The molecule has 0 fully saturated rings. The van der Waals surface area contributed by atoms with Crippen LogP contribution in [0.3, 0.4) is 0 Å². The van der Waals surface area contributed by atoms with Crippen molar-refractivity contribution >= 4 is 49.8 Å². The van der Waals surface area contributed by atoms with Crippen LogP contribution in [0.15, 0.2) is 192 Å². The van der Waals surface area contributed by atoms with Gasteiger partial charge in [-0.05, 0) is 75.2 Å². The molecule has 1 heterocycles. The number of furan rings is 1. The van der Waals surface area contributed by atoms with E-state index in [1.807, 2.05) is 0 Å². The first kappa shape index (κ1) is 27.7. The maximum atomic E-state index is 6.83. The van der Waals surface area contributed by atoms with Crippen molar-refractivity contribution in [3.05, 3.63) is 210 Å². The van der Waals surface area contributed by atoms with Crippen molar-refractivity contribution in [2.45, 2.75) is 5.41 Å². The van der Waals surface area contributed by atoms with Gasteiger partial charge in [-0.3, -0.25) is 0 Å². The minimum atomic E-state index is -0.572. The van der Waals surface area contributed by atoms with Crippen molar-refractivity contribution in [1.29, 1.82) is 0 Å². The van der Waals surface area contributed by atoms with Crippen LogP contribution in [-0.4, -0.2) is 0 Å². The highest BCUT2D eigenvalue weighted by Gasteiger charge is 2.46. The molecule has 0 unspecified atom stereocenters. The van der Waals surface area contributed by atoms with Crippen molar-refractivity contribution in [3.63, 3.8) is 0 Å². The Morgan fingerprint density at radius 1 is 0.408 bits per heavy atom. The summed E-state index contributed by atoms with van der Waals surface area (Å²) in [6, 6.07) is 68.0. The molecule has 8 aromatic carbocycles. The first-order chi connectivity index (χ1) is 24.3. The third-order valence-electron chi connectivity index (χ3n) is 10.3. The van der Waals surface area contributed by atoms with E-state index < -0.39 is 5.41 Å². The zero-order valence-electron chi connectivity index (χ0n) is 26.8. The summed E-state index contributed by atoms with van der Waals surface area (Å²) in [5.74, 6) is 0. The Balaban J connectivity index is 1.39. The van der Waals surface area contributed by atoms with Gasteiger partial charge in [0.05, 0.1) is 22.2 Å². The number of anilines is 3. The molecule has 0 N–H and O–H groups in total. The summed E-state index contributed by atoms with van der Waals surface area (Å²) in [5.41, 5.74) is 11.9. The highest BCUT2D eigenvalue weighted by molar-refractivity contribution is 6.15. The molecule has 1 aromatic heterocycles. The van der Waals surface area contributed by atoms with Crippen LogP contribution >= 0.6 is 0 Å². The largest absolute Gasteiger partial charge is 0.456 e. The Morgan fingerprint density at radius 2 is 1.00 bits per heavy atom. The van der Waals surface area contributed by atoms with Crippen LogP contribution in [-0.2, 0) is 5.41 Å².